The zero-order valence-electron chi connectivity index (χ0n) is 15.7. The zero-order valence-corrected chi connectivity index (χ0v) is 16.5. The van der Waals surface area contributed by atoms with Crippen LogP contribution < -0.4 is 9.31 Å². The molecule has 0 atom stereocenters. The maximum absolute atomic E-state index is 6.38. The number of para-hydroxylation sites is 2. The van der Waals surface area contributed by atoms with E-state index in [9.17, 15) is 0 Å². The van der Waals surface area contributed by atoms with Gasteiger partial charge in [0.25, 0.3) is 0 Å². The van der Waals surface area contributed by atoms with Crippen molar-refractivity contribution in [2.75, 3.05) is 0 Å². The summed E-state index contributed by atoms with van der Waals surface area (Å²) < 4.78 is 12.8. The summed E-state index contributed by atoms with van der Waals surface area (Å²) in [5, 5.41) is 0.364. The van der Waals surface area contributed by atoms with Gasteiger partial charge in [-0.05, 0) is 74.4 Å². The monoisotopic (exact) mass is 321 g/mol. The molecular weight excluding hydrogens is 290 g/mol. The third-order valence-corrected chi connectivity index (χ3v) is 12.0. The topological polar surface area (TPSA) is 18.5 Å². The van der Waals surface area contributed by atoms with Gasteiger partial charge in [0, 0.05) is 0 Å². The van der Waals surface area contributed by atoms with E-state index in [4.69, 9.17) is 9.31 Å². The van der Waals surface area contributed by atoms with Crippen LogP contribution in [0.15, 0.2) is 24.3 Å². The molecule has 0 N–H and O–H groups in total. The van der Waals surface area contributed by atoms with Gasteiger partial charge in [0.1, 0.15) is 11.5 Å². The van der Waals surface area contributed by atoms with Gasteiger partial charge >= 0.3 is 6.84 Å². The lowest BCUT2D eigenvalue weighted by molar-refractivity contribution is 0.511. The largest absolute Gasteiger partial charge is 0.807 e. The second-order valence-electron chi connectivity index (χ2n) is 9.22. The van der Waals surface area contributed by atoms with Crippen molar-refractivity contribution in [2.24, 2.45) is 0 Å². The van der Waals surface area contributed by atoms with Crippen LogP contribution in [0.1, 0.15) is 62.3 Å². The van der Waals surface area contributed by atoms with Crippen LogP contribution in [-0.2, 0) is 0 Å². The van der Waals surface area contributed by atoms with Crippen LogP contribution in [0.4, 0.5) is 0 Å². The molecule has 0 bridgehead atoms. The summed E-state index contributed by atoms with van der Waals surface area (Å²) >= 11 is 0. The molecule has 1 aliphatic heterocycles. The second kappa shape index (κ2) is 5.16. The molecule has 0 saturated carbocycles. The van der Waals surface area contributed by atoms with Crippen molar-refractivity contribution in [3.63, 3.8) is 0 Å². The number of benzene rings is 1. The minimum Gasteiger partial charge on any atom is -0.487 e. The highest BCUT2D eigenvalue weighted by atomic mass is 31.2. The maximum Gasteiger partial charge on any atom is 0.807 e. The second-order valence-corrected chi connectivity index (χ2v) is 15.1. The Balaban J connectivity index is 2.62. The minimum absolute atomic E-state index is 0.121. The summed E-state index contributed by atoms with van der Waals surface area (Å²) in [5.41, 5.74) is 0. The molecule has 1 heterocycles. The van der Waals surface area contributed by atoms with Crippen molar-refractivity contribution >= 4 is 14.0 Å². The van der Waals surface area contributed by atoms with Gasteiger partial charge in [-0.2, -0.15) is 0 Å². The van der Waals surface area contributed by atoms with E-state index in [-0.39, 0.29) is 22.3 Å². The van der Waals surface area contributed by atoms with Crippen molar-refractivity contribution in [1.82, 2.24) is 0 Å². The fourth-order valence-corrected chi connectivity index (χ4v) is 13.5. The summed E-state index contributed by atoms with van der Waals surface area (Å²) in [7, 11) is -1.72. The first-order valence-electron chi connectivity index (χ1n) is 8.14. The average molecular weight is 321 g/mol. The molecule has 0 amide bonds. The lowest BCUT2D eigenvalue weighted by atomic mass is 10.2. The zero-order chi connectivity index (χ0) is 17.0. The Kier molecular flexibility index (Phi) is 4.15. The van der Waals surface area contributed by atoms with Crippen molar-refractivity contribution in [3.05, 3.63) is 24.3 Å². The molecule has 0 unspecified atom stereocenters. The standard InChI is InChI=1S/C18H31BO2P/c1-16(2,3)22(17(4,5)6,18(7,8)9)19-20-14-12-10-11-13-15(14)21-19/h10-13H,1-9H3/q+1. The van der Waals surface area contributed by atoms with Gasteiger partial charge in [0.05, 0.1) is 22.6 Å². The molecule has 22 heavy (non-hydrogen) atoms. The minimum atomic E-state index is -1.72. The molecule has 0 fully saturated rings. The Morgan fingerprint density at radius 2 is 1.00 bits per heavy atom. The predicted octanol–water partition coefficient (Wildman–Crippen LogP) is 5.86. The van der Waals surface area contributed by atoms with Gasteiger partial charge in [-0.3, -0.25) is 0 Å². The molecule has 1 aromatic rings. The van der Waals surface area contributed by atoms with Crippen molar-refractivity contribution < 1.29 is 9.31 Å². The number of fused-ring (bicyclic) bond motifs is 1. The van der Waals surface area contributed by atoms with E-state index < -0.39 is 7.14 Å². The first-order valence-corrected chi connectivity index (χ1v) is 9.99. The summed E-state index contributed by atoms with van der Waals surface area (Å²) in [4.78, 5) is 0. The van der Waals surface area contributed by atoms with Crippen LogP contribution in [0.5, 0.6) is 11.5 Å². The molecule has 4 heteroatoms. The van der Waals surface area contributed by atoms with Gasteiger partial charge in [-0.25, -0.2) is 0 Å². The van der Waals surface area contributed by atoms with Crippen molar-refractivity contribution in [3.8, 4) is 11.5 Å². The third kappa shape index (κ3) is 2.46. The van der Waals surface area contributed by atoms with E-state index in [2.05, 4.69) is 62.3 Å². The van der Waals surface area contributed by atoms with Crippen LogP contribution in [-0.4, -0.2) is 22.3 Å². The molecule has 0 spiro atoms. The Morgan fingerprint density at radius 1 is 0.682 bits per heavy atom. The predicted molar refractivity (Wildman–Crippen MR) is 99.6 cm³/mol. The van der Waals surface area contributed by atoms with Gasteiger partial charge in [0.2, 0.25) is 0 Å². The Labute approximate surface area is 137 Å². The Morgan fingerprint density at radius 3 is 1.27 bits per heavy atom. The molecule has 2 rings (SSSR count). The summed E-state index contributed by atoms with van der Waals surface area (Å²) in [6.07, 6.45) is 0. The third-order valence-electron chi connectivity index (χ3n) is 4.80. The normalized spacial score (nSPS) is 16.1. The van der Waals surface area contributed by atoms with Gasteiger partial charge < -0.3 is 9.31 Å². The SMILES string of the molecule is CC(C)(C)[P+](B1Oc2ccccc2O1)(C(C)(C)C)C(C)(C)C. The fraction of sp³-hybridized carbons (Fsp3) is 0.667. The molecular formula is C18H31BO2P+. The van der Waals surface area contributed by atoms with Crippen LogP contribution in [0.2, 0.25) is 0 Å². The van der Waals surface area contributed by atoms with Crippen LogP contribution in [0.25, 0.3) is 0 Å². The van der Waals surface area contributed by atoms with E-state index in [1.165, 1.54) is 0 Å². The van der Waals surface area contributed by atoms with Crippen LogP contribution in [0.3, 0.4) is 0 Å². The number of hydrogen-bond acceptors (Lipinski definition) is 2. The quantitative estimate of drug-likeness (QED) is 0.477. The maximum atomic E-state index is 6.38. The molecule has 0 aliphatic carbocycles. The van der Waals surface area contributed by atoms with E-state index in [0.29, 0.717) is 0 Å². The number of hydrogen-bond donors (Lipinski definition) is 0. The molecule has 0 aromatic heterocycles. The highest BCUT2D eigenvalue weighted by Gasteiger charge is 2.78. The molecule has 1 aliphatic rings. The van der Waals surface area contributed by atoms with E-state index >= 15 is 0 Å². The van der Waals surface area contributed by atoms with Crippen LogP contribution >= 0.6 is 7.14 Å². The summed E-state index contributed by atoms with van der Waals surface area (Å²) in [6, 6.07) is 8.04. The molecule has 122 valence electrons. The van der Waals surface area contributed by atoms with Crippen LogP contribution in [0, 0.1) is 0 Å². The van der Waals surface area contributed by atoms with Crippen molar-refractivity contribution in [2.45, 2.75) is 77.8 Å². The molecule has 0 saturated heterocycles. The van der Waals surface area contributed by atoms with E-state index in [1.807, 2.05) is 24.3 Å². The Bertz CT molecular complexity index is 488. The molecule has 1 aromatic carbocycles. The average Bonchev–Trinajstić information content (AvgIpc) is 2.65. The number of rotatable bonds is 1. The van der Waals surface area contributed by atoms with Gasteiger partial charge in [-0.1, -0.05) is 12.1 Å². The summed E-state index contributed by atoms with van der Waals surface area (Å²) in [5.74, 6) is 1.77. The lowest BCUT2D eigenvalue weighted by Crippen LogP contribution is -2.54. The van der Waals surface area contributed by atoms with Gasteiger partial charge in [-0.15, -0.1) is 0 Å². The van der Waals surface area contributed by atoms with E-state index in [1.54, 1.807) is 0 Å². The Hall–Kier alpha value is -0.685. The summed E-state index contributed by atoms with van der Waals surface area (Å²) in [6.45, 7) is 21.0. The fourth-order valence-electron chi connectivity index (χ4n) is 5.01. The highest BCUT2D eigenvalue weighted by Crippen LogP contribution is 2.85. The highest BCUT2D eigenvalue weighted by molar-refractivity contribution is 8.05. The molecule has 0 radical (unpaired) electrons. The molecule has 2 nitrogen and oxygen atoms in total. The van der Waals surface area contributed by atoms with Gasteiger partial charge in [0.15, 0.2) is 0 Å². The van der Waals surface area contributed by atoms with Crippen molar-refractivity contribution in [1.29, 1.82) is 0 Å². The smallest absolute Gasteiger partial charge is 0.487 e. The first kappa shape index (κ1) is 17.7. The lowest BCUT2D eigenvalue weighted by Gasteiger charge is -2.53. The first-order chi connectivity index (χ1) is 9.82. The van der Waals surface area contributed by atoms with E-state index in [0.717, 1.165) is 11.5 Å².